The standard InChI is InChI=1S/C25H26F2N4S.C24H24F2N4S.C2H6/c1-16(19-10-6-7-11-20(19)26)23-21(27)12-13-22-24(23)29-25(30-32-22)28-14-17-8-4-5-9-18(17)15-31(2)3;1-30(2)15-17-7-5-6-16(12-17)14-27-24-28-23-19(13-18-8-3-4-9-20(18)25)21(26)10-11-22(23)31-29-24;1-2/h4-13,16H,14-15H2,1-3H3,(H2,28,29,30);3-12H,13-15H2,1-2H3,(H2,27,28,29);1-2H3. The molecule has 0 fully saturated rings. The molecule has 340 valence electrons. The van der Waals surface area contributed by atoms with Crippen molar-refractivity contribution in [3.8, 4) is 0 Å². The number of halogens is 4. The van der Waals surface area contributed by atoms with E-state index in [1.165, 1.54) is 59.3 Å². The number of hydrogen-bond acceptors (Lipinski definition) is 6. The summed E-state index contributed by atoms with van der Waals surface area (Å²) < 4.78 is 64.6. The average Bonchev–Trinajstić information content (AvgIpc) is 3.30. The lowest BCUT2D eigenvalue weighted by atomic mass is 9.91. The van der Waals surface area contributed by atoms with Gasteiger partial charge in [-0.3, -0.25) is 9.44 Å². The van der Waals surface area contributed by atoms with Crippen molar-refractivity contribution in [2.45, 2.75) is 69.1 Å². The fraction of sp³-hybridized carbons (Fsp3) is 0.255. The number of aliphatic imine (C=N–C) groups is 2. The maximum atomic E-state index is 15.0. The molecule has 8 nitrogen and oxygen atoms in total. The summed E-state index contributed by atoms with van der Waals surface area (Å²) in [5.74, 6) is -0.777. The van der Waals surface area contributed by atoms with E-state index in [2.05, 4.69) is 59.1 Å². The summed E-state index contributed by atoms with van der Waals surface area (Å²) in [6.07, 6.45) is 0.162. The van der Waals surface area contributed by atoms with Crippen molar-refractivity contribution in [2.75, 3.05) is 38.8 Å². The Bertz CT molecular complexity index is 2620. The lowest BCUT2D eigenvalue weighted by Crippen LogP contribution is -2.30. The molecule has 65 heavy (non-hydrogen) atoms. The molecule has 2 aliphatic heterocycles. The molecule has 14 heteroatoms. The van der Waals surface area contributed by atoms with Crippen molar-refractivity contribution < 1.29 is 17.6 Å². The second-order valence-electron chi connectivity index (χ2n) is 15.8. The first kappa shape index (κ1) is 48.7. The molecule has 1 unspecified atom stereocenters. The first-order valence-electron chi connectivity index (χ1n) is 21.5. The van der Waals surface area contributed by atoms with Crippen LogP contribution < -0.4 is 20.1 Å². The molecular weight excluding hydrogens is 865 g/mol. The third-order valence-electron chi connectivity index (χ3n) is 10.4. The van der Waals surface area contributed by atoms with Crippen LogP contribution in [0.4, 0.5) is 28.9 Å². The smallest absolute Gasteiger partial charge is 0.206 e. The largest absolute Gasteiger partial charge is 0.324 e. The molecule has 2 heterocycles. The summed E-state index contributed by atoms with van der Waals surface area (Å²) >= 11 is 2.75. The lowest BCUT2D eigenvalue weighted by molar-refractivity contribution is 0.401. The van der Waals surface area contributed by atoms with Crippen LogP contribution in [0.1, 0.15) is 71.2 Å². The van der Waals surface area contributed by atoms with Gasteiger partial charge in [0, 0.05) is 36.6 Å². The summed E-state index contributed by atoms with van der Waals surface area (Å²) in [5, 5.41) is 6.46. The normalized spacial score (nSPS) is 14.4. The van der Waals surface area contributed by atoms with Crippen LogP contribution in [0.15, 0.2) is 141 Å². The van der Waals surface area contributed by atoms with Gasteiger partial charge in [-0.05, 0) is 122 Å². The van der Waals surface area contributed by atoms with Gasteiger partial charge >= 0.3 is 0 Å². The zero-order valence-electron chi connectivity index (χ0n) is 37.8. The summed E-state index contributed by atoms with van der Waals surface area (Å²) in [6.45, 7) is 8.49. The van der Waals surface area contributed by atoms with Crippen LogP contribution in [-0.4, -0.2) is 49.9 Å². The number of hydrogen-bond donors (Lipinski definition) is 4. The van der Waals surface area contributed by atoms with Crippen LogP contribution >= 0.6 is 23.9 Å². The molecule has 8 rings (SSSR count). The molecule has 0 saturated carbocycles. The minimum absolute atomic E-state index is 0.162. The van der Waals surface area contributed by atoms with Gasteiger partial charge in [0.1, 0.15) is 23.3 Å². The quantitative estimate of drug-likeness (QED) is 0.0714. The monoisotopic (exact) mass is 920 g/mol. The first-order chi connectivity index (χ1) is 31.4. The Morgan fingerprint density at radius 1 is 0.538 bits per heavy atom. The highest BCUT2D eigenvalue weighted by Gasteiger charge is 2.26. The summed E-state index contributed by atoms with van der Waals surface area (Å²) in [5.41, 5.74) is 7.70. The van der Waals surface area contributed by atoms with E-state index in [-0.39, 0.29) is 29.7 Å². The van der Waals surface area contributed by atoms with E-state index in [1.807, 2.05) is 73.2 Å². The van der Waals surface area contributed by atoms with Crippen LogP contribution in [0.5, 0.6) is 0 Å². The maximum absolute atomic E-state index is 15.0. The number of fused-ring (bicyclic) bond motifs is 2. The van der Waals surface area contributed by atoms with Crippen LogP contribution in [0.25, 0.3) is 0 Å². The number of guanidine groups is 2. The SMILES string of the molecule is CC.CC(c1ccccc1F)c1c(F)ccc2c1NC(=NCc1ccccc1CN(C)C)NS2.CN(C)Cc1cccc(CN=C2NSc3ccc(F)c(Cc4ccccc4F)c3N2)c1. The van der Waals surface area contributed by atoms with E-state index >= 15 is 0 Å². The molecule has 0 spiro atoms. The minimum Gasteiger partial charge on any atom is -0.324 e. The van der Waals surface area contributed by atoms with E-state index in [0.29, 0.717) is 58.6 Å². The minimum atomic E-state index is -0.459. The Hall–Kier alpha value is -5.80. The van der Waals surface area contributed by atoms with Crippen molar-refractivity contribution in [3.63, 3.8) is 0 Å². The Labute approximate surface area is 389 Å². The van der Waals surface area contributed by atoms with Crippen molar-refractivity contribution in [2.24, 2.45) is 9.98 Å². The van der Waals surface area contributed by atoms with Gasteiger partial charge in [-0.2, -0.15) is 0 Å². The van der Waals surface area contributed by atoms with Crippen LogP contribution in [0.2, 0.25) is 0 Å². The molecule has 6 aromatic rings. The zero-order valence-corrected chi connectivity index (χ0v) is 39.4. The molecule has 0 saturated heterocycles. The highest BCUT2D eigenvalue weighted by atomic mass is 32.2. The Morgan fingerprint density at radius 3 is 1.75 bits per heavy atom. The van der Waals surface area contributed by atoms with Crippen molar-refractivity contribution in [3.05, 3.63) is 189 Å². The predicted molar refractivity (Wildman–Crippen MR) is 262 cm³/mol. The predicted octanol–water partition coefficient (Wildman–Crippen LogP) is 12.0. The number of nitrogens with one attached hydrogen (secondary N) is 4. The highest BCUT2D eigenvalue weighted by molar-refractivity contribution is 7.98. The van der Waals surface area contributed by atoms with Gasteiger partial charge in [0.05, 0.1) is 34.3 Å². The second-order valence-corrected chi connectivity index (χ2v) is 17.5. The van der Waals surface area contributed by atoms with Crippen molar-refractivity contribution in [1.82, 2.24) is 19.2 Å². The summed E-state index contributed by atoms with van der Waals surface area (Å²) in [4.78, 5) is 15.3. The maximum Gasteiger partial charge on any atom is 0.206 e. The molecule has 2 aliphatic rings. The molecule has 1 atom stereocenters. The van der Waals surface area contributed by atoms with Crippen molar-refractivity contribution in [1.29, 1.82) is 0 Å². The van der Waals surface area contributed by atoms with Crippen LogP contribution in [0, 0.1) is 23.3 Å². The number of rotatable bonds is 12. The second kappa shape index (κ2) is 23.4. The van der Waals surface area contributed by atoms with E-state index in [1.54, 1.807) is 48.5 Å². The molecule has 0 radical (unpaired) electrons. The van der Waals surface area contributed by atoms with Gasteiger partial charge < -0.3 is 20.4 Å². The molecule has 4 N–H and O–H groups in total. The highest BCUT2D eigenvalue weighted by Crippen LogP contribution is 2.40. The zero-order chi connectivity index (χ0) is 46.5. The van der Waals surface area contributed by atoms with Gasteiger partial charge in [-0.1, -0.05) is 106 Å². The molecule has 0 aromatic heterocycles. The molecule has 0 amide bonds. The number of nitrogens with zero attached hydrogens (tertiary/aromatic N) is 4. The summed E-state index contributed by atoms with van der Waals surface area (Å²) in [6, 6.07) is 35.7. The topological polar surface area (TPSA) is 79.3 Å². The van der Waals surface area contributed by atoms with E-state index in [0.717, 1.165) is 34.0 Å². The fourth-order valence-electron chi connectivity index (χ4n) is 7.39. The fourth-order valence-corrected chi connectivity index (χ4v) is 8.85. The van der Waals surface area contributed by atoms with Gasteiger partial charge in [0.15, 0.2) is 0 Å². The van der Waals surface area contributed by atoms with Crippen molar-refractivity contribution >= 4 is 47.2 Å². The van der Waals surface area contributed by atoms with Crippen LogP contribution in [0.3, 0.4) is 0 Å². The Balaban J connectivity index is 0.000000208. The first-order valence-corrected chi connectivity index (χ1v) is 23.1. The Kier molecular flexibility index (Phi) is 17.5. The van der Waals surface area contributed by atoms with Gasteiger partial charge in [0.25, 0.3) is 0 Å². The molecule has 6 aromatic carbocycles. The van der Waals surface area contributed by atoms with Gasteiger partial charge in [-0.25, -0.2) is 27.5 Å². The van der Waals surface area contributed by atoms with E-state index in [4.69, 9.17) is 4.99 Å². The third kappa shape index (κ3) is 12.9. The lowest BCUT2D eigenvalue weighted by Gasteiger charge is -2.26. The summed E-state index contributed by atoms with van der Waals surface area (Å²) in [7, 11) is 8.14. The van der Waals surface area contributed by atoms with E-state index < -0.39 is 5.92 Å². The third-order valence-corrected chi connectivity index (χ3v) is 12.1. The molecular formula is C51H56F4N8S2. The van der Waals surface area contributed by atoms with Crippen LogP contribution in [-0.2, 0) is 32.6 Å². The molecule has 0 bridgehead atoms. The average molecular weight is 921 g/mol. The Morgan fingerprint density at radius 2 is 1.09 bits per heavy atom. The molecule has 0 aliphatic carbocycles. The van der Waals surface area contributed by atoms with E-state index in [9.17, 15) is 17.6 Å². The van der Waals surface area contributed by atoms with Gasteiger partial charge in [-0.15, -0.1) is 0 Å². The number of benzene rings is 6. The van der Waals surface area contributed by atoms with Gasteiger partial charge in [0.2, 0.25) is 11.9 Å². The number of anilines is 2.